The summed E-state index contributed by atoms with van der Waals surface area (Å²) in [6.45, 7) is 5.14. The lowest BCUT2D eigenvalue weighted by molar-refractivity contribution is 0.0277. The molecular weight excluding hydrogens is 294 g/mol. The largest absolute Gasteiger partial charge is 0.378 e. The van der Waals surface area contributed by atoms with Gasteiger partial charge in [-0.1, -0.05) is 19.3 Å². The molecular formula is C17H33N3OS. The molecule has 1 atom stereocenters. The number of hydrogen-bond donors (Lipinski definition) is 2. The summed E-state index contributed by atoms with van der Waals surface area (Å²) in [7, 11) is 1.85. The van der Waals surface area contributed by atoms with E-state index in [1.807, 2.05) is 7.05 Å². The van der Waals surface area contributed by atoms with E-state index in [1.54, 1.807) is 0 Å². The molecule has 0 bridgehead atoms. The minimum absolute atomic E-state index is 0.377. The number of ether oxygens (including phenoxy) is 1. The van der Waals surface area contributed by atoms with Gasteiger partial charge in [0.1, 0.15) is 0 Å². The Kier molecular flexibility index (Phi) is 7.87. The maximum Gasteiger partial charge on any atom is 0.191 e. The van der Waals surface area contributed by atoms with Crippen LogP contribution in [0.4, 0.5) is 0 Å². The number of hydrogen-bond acceptors (Lipinski definition) is 3. The SMILES string of the molecule is CN=C(NCCCOC1CCCCC1)NCC1(C)CCCS1. The zero-order valence-electron chi connectivity index (χ0n) is 14.3. The lowest BCUT2D eigenvalue weighted by atomic mass is 9.98. The van der Waals surface area contributed by atoms with Crippen molar-refractivity contribution in [2.24, 2.45) is 4.99 Å². The van der Waals surface area contributed by atoms with Gasteiger partial charge in [0.25, 0.3) is 0 Å². The van der Waals surface area contributed by atoms with Crippen molar-refractivity contribution in [3.8, 4) is 0 Å². The molecule has 2 aliphatic rings. The molecule has 1 aliphatic carbocycles. The second kappa shape index (κ2) is 9.66. The molecule has 0 spiro atoms. The van der Waals surface area contributed by atoms with Crippen molar-refractivity contribution < 1.29 is 4.74 Å². The van der Waals surface area contributed by atoms with Crippen molar-refractivity contribution in [3.63, 3.8) is 0 Å². The molecule has 4 nitrogen and oxygen atoms in total. The van der Waals surface area contributed by atoms with E-state index in [9.17, 15) is 0 Å². The Labute approximate surface area is 140 Å². The van der Waals surface area contributed by atoms with Gasteiger partial charge in [-0.15, -0.1) is 0 Å². The van der Waals surface area contributed by atoms with Crippen molar-refractivity contribution in [1.29, 1.82) is 0 Å². The van der Waals surface area contributed by atoms with Gasteiger partial charge < -0.3 is 15.4 Å². The molecule has 0 amide bonds. The fourth-order valence-electron chi connectivity index (χ4n) is 3.23. The van der Waals surface area contributed by atoms with E-state index >= 15 is 0 Å². The summed E-state index contributed by atoms with van der Waals surface area (Å²) in [6.07, 6.45) is 10.8. The summed E-state index contributed by atoms with van der Waals surface area (Å²) in [4.78, 5) is 4.31. The second-order valence-electron chi connectivity index (χ2n) is 6.74. The molecule has 1 heterocycles. The van der Waals surface area contributed by atoms with Crippen molar-refractivity contribution in [1.82, 2.24) is 10.6 Å². The van der Waals surface area contributed by atoms with Crippen LogP contribution in [0, 0.1) is 0 Å². The van der Waals surface area contributed by atoms with Gasteiger partial charge in [-0.2, -0.15) is 11.8 Å². The van der Waals surface area contributed by atoms with Gasteiger partial charge in [0, 0.05) is 31.5 Å². The van der Waals surface area contributed by atoms with Crippen molar-refractivity contribution in [2.75, 3.05) is 32.5 Å². The minimum atomic E-state index is 0.377. The highest BCUT2D eigenvalue weighted by Crippen LogP contribution is 2.36. The van der Waals surface area contributed by atoms with Crippen LogP contribution in [0.2, 0.25) is 0 Å². The average Bonchev–Trinajstić information content (AvgIpc) is 2.98. The lowest BCUT2D eigenvalue weighted by Gasteiger charge is -2.24. The van der Waals surface area contributed by atoms with Gasteiger partial charge in [-0.05, 0) is 44.8 Å². The summed E-state index contributed by atoms with van der Waals surface area (Å²) in [5, 5.41) is 6.87. The molecule has 2 N–H and O–H groups in total. The predicted octanol–water partition coefficient (Wildman–Crippen LogP) is 3.18. The topological polar surface area (TPSA) is 45.7 Å². The van der Waals surface area contributed by atoms with Gasteiger partial charge in [-0.25, -0.2) is 0 Å². The van der Waals surface area contributed by atoms with Crippen molar-refractivity contribution in [3.05, 3.63) is 0 Å². The van der Waals surface area contributed by atoms with E-state index in [0.717, 1.165) is 32.1 Å². The summed E-state index contributed by atoms with van der Waals surface area (Å²) >= 11 is 2.08. The normalized spacial score (nSPS) is 27.1. The summed E-state index contributed by atoms with van der Waals surface area (Å²) in [5.74, 6) is 2.22. The molecule has 0 aromatic rings. The number of guanidine groups is 1. The van der Waals surface area contributed by atoms with Gasteiger partial charge in [0.05, 0.1) is 6.10 Å². The van der Waals surface area contributed by atoms with Crippen LogP contribution in [0.1, 0.15) is 58.3 Å². The Hall–Kier alpha value is -0.420. The number of aliphatic imine (C=N–C) groups is 1. The average molecular weight is 328 g/mol. The Balaban J connectivity index is 1.52. The highest BCUT2D eigenvalue weighted by Gasteiger charge is 2.29. The molecule has 1 aliphatic heterocycles. The highest BCUT2D eigenvalue weighted by atomic mass is 32.2. The molecule has 0 radical (unpaired) electrons. The number of rotatable bonds is 7. The van der Waals surface area contributed by atoms with Crippen LogP contribution < -0.4 is 10.6 Å². The molecule has 1 saturated carbocycles. The third-order valence-electron chi connectivity index (χ3n) is 4.67. The maximum atomic E-state index is 5.95. The number of nitrogens with zero attached hydrogens (tertiary/aromatic N) is 1. The molecule has 2 fully saturated rings. The molecule has 128 valence electrons. The van der Waals surface area contributed by atoms with E-state index in [-0.39, 0.29) is 0 Å². The quantitative estimate of drug-likeness (QED) is 0.428. The second-order valence-corrected chi connectivity index (χ2v) is 8.42. The molecule has 22 heavy (non-hydrogen) atoms. The molecule has 5 heteroatoms. The van der Waals surface area contributed by atoms with Crippen LogP contribution in [0.3, 0.4) is 0 Å². The summed E-state index contributed by atoms with van der Waals surface area (Å²) in [6, 6.07) is 0. The maximum absolute atomic E-state index is 5.95. The Morgan fingerprint density at radius 1 is 1.23 bits per heavy atom. The third-order valence-corrected chi connectivity index (χ3v) is 6.21. The smallest absolute Gasteiger partial charge is 0.191 e. The standard InChI is InChI=1S/C17H33N3OS/c1-17(10-6-13-22-17)14-20-16(18-2)19-11-7-12-21-15-8-4-3-5-9-15/h15H,3-14H2,1-2H3,(H2,18,19,20). The zero-order chi connectivity index (χ0) is 15.7. The van der Waals surface area contributed by atoms with Gasteiger partial charge in [0.2, 0.25) is 0 Å². The van der Waals surface area contributed by atoms with Crippen LogP contribution in [0.15, 0.2) is 4.99 Å². The van der Waals surface area contributed by atoms with Gasteiger partial charge in [0.15, 0.2) is 5.96 Å². The van der Waals surface area contributed by atoms with E-state index in [2.05, 4.69) is 34.3 Å². The van der Waals surface area contributed by atoms with E-state index in [0.29, 0.717) is 10.9 Å². The van der Waals surface area contributed by atoms with Crippen LogP contribution in [0.5, 0.6) is 0 Å². The third kappa shape index (κ3) is 6.37. The van der Waals surface area contributed by atoms with Crippen molar-refractivity contribution >= 4 is 17.7 Å². The molecule has 2 rings (SSSR count). The first kappa shape index (κ1) is 17.9. The Morgan fingerprint density at radius 2 is 2.05 bits per heavy atom. The highest BCUT2D eigenvalue weighted by molar-refractivity contribution is 8.00. The molecule has 1 unspecified atom stereocenters. The van der Waals surface area contributed by atoms with Crippen LogP contribution in [0.25, 0.3) is 0 Å². The zero-order valence-corrected chi connectivity index (χ0v) is 15.1. The van der Waals surface area contributed by atoms with Gasteiger partial charge >= 0.3 is 0 Å². The van der Waals surface area contributed by atoms with Crippen LogP contribution >= 0.6 is 11.8 Å². The fourth-order valence-corrected chi connectivity index (χ4v) is 4.47. The van der Waals surface area contributed by atoms with Crippen molar-refractivity contribution in [2.45, 2.75) is 69.1 Å². The van der Waals surface area contributed by atoms with E-state index in [1.165, 1.54) is 50.7 Å². The Morgan fingerprint density at radius 3 is 2.73 bits per heavy atom. The first-order chi connectivity index (χ1) is 10.7. The van der Waals surface area contributed by atoms with Gasteiger partial charge in [-0.3, -0.25) is 4.99 Å². The molecule has 0 aromatic heterocycles. The predicted molar refractivity (Wildman–Crippen MR) is 96.9 cm³/mol. The summed E-state index contributed by atoms with van der Waals surface area (Å²) in [5.41, 5.74) is 0. The first-order valence-electron chi connectivity index (χ1n) is 8.92. The lowest BCUT2D eigenvalue weighted by Crippen LogP contribution is -2.44. The number of thioether (sulfide) groups is 1. The monoisotopic (exact) mass is 327 g/mol. The molecule has 0 aromatic carbocycles. The van der Waals surface area contributed by atoms with Crippen LogP contribution in [-0.2, 0) is 4.74 Å². The number of nitrogens with one attached hydrogen (secondary N) is 2. The minimum Gasteiger partial charge on any atom is -0.378 e. The van der Waals surface area contributed by atoms with Crippen LogP contribution in [-0.4, -0.2) is 49.3 Å². The molecule has 1 saturated heterocycles. The Bertz CT molecular complexity index is 337. The van der Waals surface area contributed by atoms with E-state index < -0.39 is 0 Å². The van der Waals surface area contributed by atoms with E-state index in [4.69, 9.17) is 4.74 Å². The fraction of sp³-hybridized carbons (Fsp3) is 0.941. The summed E-state index contributed by atoms with van der Waals surface area (Å²) < 4.78 is 6.33. The first-order valence-corrected chi connectivity index (χ1v) is 9.90.